The first kappa shape index (κ1) is 21.3. The van der Waals surface area contributed by atoms with Crippen LogP contribution < -0.4 is 4.74 Å². The highest BCUT2D eigenvalue weighted by Gasteiger charge is 2.29. The smallest absolute Gasteiger partial charge is 0.265 e. The largest absolute Gasteiger partial charge is 0.491 e. The summed E-state index contributed by atoms with van der Waals surface area (Å²) in [5.41, 5.74) is 4.59. The number of para-hydroxylation sites is 1. The van der Waals surface area contributed by atoms with Crippen molar-refractivity contribution in [3.05, 3.63) is 70.8 Å². The minimum atomic E-state index is -0.0923. The summed E-state index contributed by atoms with van der Waals surface area (Å²) in [7, 11) is 1.70. The molecule has 2 aromatic carbocycles. The van der Waals surface area contributed by atoms with Crippen LogP contribution in [0.1, 0.15) is 25.0 Å². The van der Waals surface area contributed by atoms with Crippen molar-refractivity contribution in [2.75, 3.05) is 7.05 Å². The number of aromatic nitrogens is 2. The zero-order valence-electron chi connectivity index (χ0n) is 17.8. The molecule has 31 heavy (non-hydrogen) atoms. The maximum Gasteiger partial charge on any atom is 0.265 e. The Balaban J connectivity index is 1.81. The molecule has 0 bridgehead atoms. The standard InChI is InChI=1S/C24H23N3O2S2/c1-15(2)29-20-11-10-17(12-16(20)3)22-18(13-21-23(28)26(4)24(30)31-21)14-27(25-22)19-8-6-5-7-9-19/h5-15H,1-4H3. The summed E-state index contributed by atoms with van der Waals surface area (Å²) in [6.07, 6.45) is 3.92. The molecule has 7 heteroatoms. The molecule has 0 aliphatic carbocycles. The van der Waals surface area contributed by atoms with Crippen LogP contribution in [-0.2, 0) is 4.79 Å². The van der Waals surface area contributed by atoms with Gasteiger partial charge >= 0.3 is 0 Å². The van der Waals surface area contributed by atoms with Gasteiger partial charge in [0.05, 0.1) is 16.7 Å². The fourth-order valence-corrected chi connectivity index (χ4v) is 4.47. The van der Waals surface area contributed by atoms with E-state index in [0.29, 0.717) is 9.23 Å². The molecule has 0 N–H and O–H groups in total. The van der Waals surface area contributed by atoms with Gasteiger partial charge in [-0.05, 0) is 62.7 Å². The number of likely N-dealkylation sites (N-methyl/N-ethyl adjacent to an activating group) is 1. The Labute approximate surface area is 191 Å². The second kappa shape index (κ2) is 8.69. The number of thioether (sulfide) groups is 1. The second-order valence-corrected chi connectivity index (χ2v) is 9.28. The van der Waals surface area contributed by atoms with Crippen molar-refractivity contribution in [2.45, 2.75) is 26.9 Å². The Morgan fingerprint density at radius 3 is 2.52 bits per heavy atom. The van der Waals surface area contributed by atoms with Crippen LogP contribution in [0.4, 0.5) is 0 Å². The maximum atomic E-state index is 12.6. The van der Waals surface area contributed by atoms with Gasteiger partial charge in [-0.15, -0.1) is 0 Å². The van der Waals surface area contributed by atoms with Gasteiger partial charge in [0.25, 0.3) is 5.91 Å². The van der Waals surface area contributed by atoms with Crippen LogP contribution in [0, 0.1) is 6.92 Å². The van der Waals surface area contributed by atoms with E-state index in [9.17, 15) is 4.79 Å². The van der Waals surface area contributed by atoms with E-state index >= 15 is 0 Å². The van der Waals surface area contributed by atoms with E-state index in [1.807, 2.05) is 80.2 Å². The van der Waals surface area contributed by atoms with Crippen molar-refractivity contribution in [3.63, 3.8) is 0 Å². The quantitative estimate of drug-likeness (QED) is 0.382. The summed E-state index contributed by atoms with van der Waals surface area (Å²) in [4.78, 5) is 14.6. The number of amides is 1. The molecule has 158 valence electrons. The summed E-state index contributed by atoms with van der Waals surface area (Å²) in [6, 6.07) is 16.0. The number of carbonyl (C=O) groups is 1. The van der Waals surface area contributed by atoms with E-state index in [1.165, 1.54) is 16.7 Å². The minimum Gasteiger partial charge on any atom is -0.491 e. The zero-order valence-corrected chi connectivity index (χ0v) is 19.5. The Morgan fingerprint density at radius 1 is 1.16 bits per heavy atom. The molecule has 0 spiro atoms. The Morgan fingerprint density at radius 2 is 1.90 bits per heavy atom. The fraction of sp³-hybridized carbons (Fsp3) is 0.208. The van der Waals surface area contributed by atoms with Gasteiger partial charge in [0.1, 0.15) is 15.8 Å². The molecule has 3 aromatic rings. The van der Waals surface area contributed by atoms with Gasteiger partial charge in [-0.2, -0.15) is 5.10 Å². The first-order chi connectivity index (χ1) is 14.8. The van der Waals surface area contributed by atoms with E-state index < -0.39 is 0 Å². The Kier molecular flexibility index (Phi) is 5.98. The molecule has 0 atom stereocenters. The highest BCUT2D eigenvalue weighted by Crippen LogP contribution is 2.35. The summed E-state index contributed by atoms with van der Waals surface area (Å²) in [5.74, 6) is 0.764. The molecule has 2 heterocycles. The van der Waals surface area contributed by atoms with Crippen LogP contribution in [0.2, 0.25) is 0 Å². The third kappa shape index (κ3) is 4.43. The lowest BCUT2D eigenvalue weighted by Crippen LogP contribution is -2.22. The van der Waals surface area contributed by atoms with Gasteiger partial charge in [-0.25, -0.2) is 4.68 Å². The number of benzene rings is 2. The van der Waals surface area contributed by atoms with Gasteiger partial charge in [-0.3, -0.25) is 9.69 Å². The van der Waals surface area contributed by atoms with E-state index in [-0.39, 0.29) is 12.0 Å². The number of rotatable bonds is 5. The Bertz CT molecular complexity index is 1180. The Hall–Kier alpha value is -2.90. The first-order valence-electron chi connectivity index (χ1n) is 9.98. The number of thiocarbonyl (C=S) groups is 1. The molecule has 0 unspecified atom stereocenters. The number of hydrogen-bond acceptors (Lipinski definition) is 5. The number of nitrogens with zero attached hydrogens (tertiary/aromatic N) is 3. The number of aryl methyl sites for hydroxylation is 1. The normalized spacial score (nSPS) is 15.4. The predicted molar refractivity (Wildman–Crippen MR) is 130 cm³/mol. The third-order valence-electron chi connectivity index (χ3n) is 4.85. The van der Waals surface area contributed by atoms with Crippen LogP contribution in [0.25, 0.3) is 23.0 Å². The molecular weight excluding hydrogens is 426 g/mol. The van der Waals surface area contributed by atoms with Gasteiger partial charge in [-0.1, -0.05) is 42.2 Å². The molecule has 1 fully saturated rings. The monoisotopic (exact) mass is 449 g/mol. The average Bonchev–Trinajstić information content (AvgIpc) is 3.27. The third-order valence-corrected chi connectivity index (χ3v) is 6.33. The van der Waals surface area contributed by atoms with Crippen LogP contribution in [0.3, 0.4) is 0 Å². The molecule has 1 aromatic heterocycles. The highest BCUT2D eigenvalue weighted by atomic mass is 32.2. The van der Waals surface area contributed by atoms with Crippen LogP contribution in [-0.4, -0.2) is 38.1 Å². The first-order valence-corrected chi connectivity index (χ1v) is 11.2. The summed E-state index contributed by atoms with van der Waals surface area (Å²) >= 11 is 6.59. The number of ether oxygens (including phenoxy) is 1. The molecule has 1 aliphatic heterocycles. The molecule has 5 nitrogen and oxygen atoms in total. The molecule has 1 saturated heterocycles. The second-order valence-electron chi connectivity index (χ2n) is 7.60. The van der Waals surface area contributed by atoms with E-state index in [1.54, 1.807) is 7.05 Å². The van der Waals surface area contributed by atoms with Crippen molar-refractivity contribution in [2.24, 2.45) is 0 Å². The van der Waals surface area contributed by atoms with Gasteiger partial charge in [0.15, 0.2) is 0 Å². The van der Waals surface area contributed by atoms with E-state index in [4.69, 9.17) is 22.1 Å². The van der Waals surface area contributed by atoms with E-state index in [0.717, 1.165) is 33.8 Å². The lowest BCUT2D eigenvalue weighted by molar-refractivity contribution is -0.121. The topological polar surface area (TPSA) is 47.4 Å². The fourth-order valence-electron chi connectivity index (χ4n) is 3.30. The lowest BCUT2D eigenvalue weighted by Gasteiger charge is -2.13. The van der Waals surface area contributed by atoms with Crippen LogP contribution in [0.5, 0.6) is 5.75 Å². The van der Waals surface area contributed by atoms with Crippen molar-refractivity contribution >= 4 is 40.3 Å². The highest BCUT2D eigenvalue weighted by molar-refractivity contribution is 8.26. The molecule has 1 aliphatic rings. The summed E-state index contributed by atoms with van der Waals surface area (Å²) in [5, 5.41) is 4.85. The molecule has 4 rings (SSSR count). The molecule has 0 radical (unpaired) electrons. The van der Waals surface area contributed by atoms with Crippen LogP contribution >= 0.6 is 24.0 Å². The van der Waals surface area contributed by atoms with E-state index in [2.05, 4.69) is 6.07 Å². The van der Waals surface area contributed by atoms with Gasteiger partial charge in [0, 0.05) is 24.4 Å². The average molecular weight is 450 g/mol. The minimum absolute atomic E-state index is 0.0923. The maximum absolute atomic E-state index is 12.6. The summed E-state index contributed by atoms with van der Waals surface area (Å²) < 4.78 is 8.27. The summed E-state index contributed by atoms with van der Waals surface area (Å²) in [6.45, 7) is 6.05. The predicted octanol–water partition coefficient (Wildman–Crippen LogP) is 5.47. The van der Waals surface area contributed by atoms with Crippen molar-refractivity contribution in [3.8, 4) is 22.7 Å². The molecule has 1 amide bonds. The number of carbonyl (C=O) groups excluding carboxylic acids is 1. The number of hydrogen-bond donors (Lipinski definition) is 0. The van der Waals surface area contributed by atoms with Crippen LogP contribution in [0.15, 0.2) is 59.6 Å². The molecular formula is C24H23N3O2S2. The zero-order chi connectivity index (χ0) is 22.1. The lowest BCUT2D eigenvalue weighted by atomic mass is 10.0. The SMILES string of the molecule is Cc1cc(-c2nn(-c3ccccc3)cc2C=C2SC(=S)N(C)C2=O)ccc1OC(C)C. The van der Waals surface area contributed by atoms with Crippen molar-refractivity contribution in [1.29, 1.82) is 0 Å². The molecule has 0 saturated carbocycles. The van der Waals surface area contributed by atoms with Crippen molar-refractivity contribution in [1.82, 2.24) is 14.7 Å². The van der Waals surface area contributed by atoms with Gasteiger partial charge in [0.2, 0.25) is 0 Å². The van der Waals surface area contributed by atoms with Gasteiger partial charge < -0.3 is 4.74 Å². The van der Waals surface area contributed by atoms with Crippen molar-refractivity contribution < 1.29 is 9.53 Å².